The SMILES string of the molecule is Cn1cc(B2OC(C)(C)C(C)(C)O2)cc1C(=O)O. The molecular weight excluding hydrogens is 233 g/mol. The zero-order valence-corrected chi connectivity index (χ0v) is 11.4. The monoisotopic (exact) mass is 251 g/mol. The molecule has 5 nitrogen and oxygen atoms in total. The van der Waals surface area contributed by atoms with E-state index in [0.29, 0.717) is 0 Å². The number of carbonyl (C=O) groups is 1. The highest BCUT2D eigenvalue weighted by molar-refractivity contribution is 6.62. The molecule has 6 heteroatoms. The van der Waals surface area contributed by atoms with E-state index in [1.54, 1.807) is 23.9 Å². The summed E-state index contributed by atoms with van der Waals surface area (Å²) in [6.07, 6.45) is 1.73. The topological polar surface area (TPSA) is 60.7 Å². The zero-order chi connectivity index (χ0) is 13.7. The van der Waals surface area contributed by atoms with Gasteiger partial charge in [0.25, 0.3) is 0 Å². The molecule has 2 rings (SSSR count). The number of aromatic carboxylic acids is 1. The van der Waals surface area contributed by atoms with Gasteiger partial charge in [-0.3, -0.25) is 0 Å². The molecule has 0 amide bonds. The quantitative estimate of drug-likeness (QED) is 0.797. The van der Waals surface area contributed by atoms with E-state index in [9.17, 15) is 4.79 Å². The van der Waals surface area contributed by atoms with Crippen molar-refractivity contribution in [3.05, 3.63) is 18.0 Å². The molecule has 2 heterocycles. The first-order valence-corrected chi connectivity index (χ1v) is 5.89. The van der Waals surface area contributed by atoms with Crippen molar-refractivity contribution < 1.29 is 19.2 Å². The van der Waals surface area contributed by atoms with Crippen molar-refractivity contribution in [1.82, 2.24) is 4.57 Å². The van der Waals surface area contributed by atoms with Crippen LogP contribution in [0, 0.1) is 0 Å². The van der Waals surface area contributed by atoms with Gasteiger partial charge in [0.05, 0.1) is 11.2 Å². The number of nitrogens with zero attached hydrogens (tertiary/aromatic N) is 1. The normalized spacial score (nSPS) is 21.3. The molecular formula is C12H18BNO4. The summed E-state index contributed by atoms with van der Waals surface area (Å²) in [5, 5.41) is 9.02. The second-order valence-electron chi connectivity index (χ2n) is 5.66. The molecule has 0 aliphatic carbocycles. The fourth-order valence-corrected chi connectivity index (χ4v) is 1.91. The van der Waals surface area contributed by atoms with Crippen molar-refractivity contribution >= 4 is 18.6 Å². The Morgan fingerprint density at radius 1 is 1.28 bits per heavy atom. The summed E-state index contributed by atoms with van der Waals surface area (Å²) in [7, 11) is 1.17. The molecule has 1 aliphatic rings. The van der Waals surface area contributed by atoms with Gasteiger partial charge in [-0.15, -0.1) is 0 Å². The highest BCUT2D eigenvalue weighted by atomic mass is 16.7. The summed E-state index contributed by atoms with van der Waals surface area (Å²) in [6.45, 7) is 7.87. The molecule has 0 unspecified atom stereocenters. The van der Waals surface area contributed by atoms with Crippen LogP contribution >= 0.6 is 0 Å². The molecule has 0 spiro atoms. The Hall–Kier alpha value is -1.27. The standard InChI is InChI=1S/C12H18BNO4/c1-11(2)12(3,4)18-13(17-11)8-6-9(10(15)16)14(5)7-8/h6-7H,1-5H3,(H,15,16). The van der Waals surface area contributed by atoms with E-state index in [1.807, 2.05) is 27.7 Å². The third-order valence-electron chi connectivity index (χ3n) is 3.77. The van der Waals surface area contributed by atoms with Crippen LogP contribution < -0.4 is 5.46 Å². The first-order chi connectivity index (χ1) is 8.14. The van der Waals surface area contributed by atoms with Crippen LogP contribution in [0.2, 0.25) is 0 Å². The Labute approximate surface area is 107 Å². The van der Waals surface area contributed by atoms with Crippen LogP contribution in [0.1, 0.15) is 38.2 Å². The second-order valence-corrected chi connectivity index (χ2v) is 5.66. The highest BCUT2D eigenvalue weighted by Gasteiger charge is 2.52. The summed E-state index contributed by atoms with van der Waals surface area (Å²) in [6, 6.07) is 1.59. The fraction of sp³-hybridized carbons (Fsp3) is 0.583. The van der Waals surface area contributed by atoms with E-state index in [1.165, 1.54) is 0 Å². The van der Waals surface area contributed by atoms with Gasteiger partial charge in [0.2, 0.25) is 0 Å². The molecule has 1 aromatic rings. The van der Waals surface area contributed by atoms with Gasteiger partial charge in [-0.25, -0.2) is 4.79 Å². The van der Waals surface area contributed by atoms with Crippen LogP contribution in [0.4, 0.5) is 0 Å². The second kappa shape index (κ2) is 3.86. The number of carboxylic acids is 1. The van der Waals surface area contributed by atoms with E-state index in [0.717, 1.165) is 5.46 Å². The lowest BCUT2D eigenvalue weighted by Crippen LogP contribution is -2.41. The Kier molecular flexibility index (Phi) is 2.83. The van der Waals surface area contributed by atoms with E-state index in [4.69, 9.17) is 14.4 Å². The maximum absolute atomic E-state index is 11.0. The number of carboxylic acid groups (broad SMARTS) is 1. The van der Waals surface area contributed by atoms with Gasteiger partial charge in [-0.05, 0) is 33.8 Å². The van der Waals surface area contributed by atoms with Crippen molar-refractivity contribution in [3.8, 4) is 0 Å². The third-order valence-corrected chi connectivity index (χ3v) is 3.77. The number of aromatic nitrogens is 1. The van der Waals surface area contributed by atoms with Crippen LogP contribution in [-0.4, -0.2) is 34.0 Å². The molecule has 18 heavy (non-hydrogen) atoms. The van der Waals surface area contributed by atoms with Crippen LogP contribution in [0.25, 0.3) is 0 Å². The largest absolute Gasteiger partial charge is 0.496 e. The van der Waals surface area contributed by atoms with Crippen molar-refractivity contribution in [2.45, 2.75) is 38.9 Å². The summed E-state index contributed by atoms with van der Waals surface area (Å²) in [4.78, 5) is 11.0. The maximum atomic E-state index is 11.0. The lowest BCUT2D eigenvalue weighted by Gasteiger charge is -2.32. The van der Waals surface area contributed by atoms with Crippen LogP contribution in [0.15, 0.2) is 12.3 Å². The molecule has 98 valence electrons. The number of hydrogen-bond donors (Lipinski definition) is 1. The predicted molar refractivity (Wildman–Crippen MR) is 68.1 cm³/mol. The third kappa shape index (κ3) is 1.95. The lowest BCUT2D eigenvalue weighted by atomic mass is 9.81. The average molecular weight is 251 g/mol. The first-order valence-electron chi connectivity index (χ1n) is 5.89. The summed E-state index contributed by atoms with van der Waals surface area (Å²) in [5.74, 6) is -0.958. The van der Waals surface area contributed by atoms with Crippen molar-refractivity contribution in [3.63, 3.8) is 0 Å². The Balaban J connectivity index is 2.30. The smallest absolute Gasteiger partial charge is 0.477 e. The Morgan fingerprint density at radius 2 is 1.78 bits per heavy atom. The lowest BCUT2D eigenvalue weighted by molar-refractivity contribution is 0.00578. The summed E-state index contributed by atoms with van der Waals surface area (Å²) < 4.78 is 13.3. The molecule has 1 saturated heterocycles. The number of rotatable bonds is 2. The van der Waals surface area contributed by atoms with Gasteiger partial charge in [0.15, 0.2) is 0 Å². The van der Waals surface area contributed by atoms with E-state index in [2.05, 4.69) is 0 Å². The summed E-state index contributed by atoms with van der Waals surface area (Å²) >= 11 is 0. The molecule has 0 aromatic carbocycles. The molecule has 1 aromatic heterocycles. The van der Waals surface area contributed by atoms with Crippen LogP contribution in [0.5, 0.6) is 0 Å². The van der Waals surface area contributed by atoms with E-state index >= 15 is 0 Å². The molecule has 1 N–H and O–H groups in total. The van der Waals surface area contributed by atoms with E-state index < -0.39 is 24.3 Å². The van der Waals surface area contributed by atoms with Crippen molar-refractivity contribution in [2.24, 2.45) is 7.05 Å². The van der Waals surface area contributed by atoms with Crippen molar-refractivity contribution in [1.29, 1.82) is 0 Å². The van der Waals surface area contributed by atoms with Crippen LogP contribution in [-0.2, 0) is 16.4 Å². The minimum atomic E-state index is -0.958. The van der Waals surface area contributed by atoms with Gasteiger partial charge < -0.3 is 19.0 Å². The highest BCUT2D eigenvalue weighted by Crippen LogP contribution is 2.36. The average Bonchev–Trinajstić information content (AvgIpc) is 2.66. The molecule has 0 bridgehead atoms. The molecule has 1 fully saturated rings. The van der Waals surface area contributed by atoms with Gasteiger partial charge in [0.1, 0.15) is 5.69 Å². The molecule has 0 saturated carbocycles. The molecule has 1 aliphatic heterocycles. The van der Waals surface area contributed by atoms with Crippen molar-refractivity contribution in [2.75, 3.05) is 0 Å². The predicted octanol–water partition coefficient (Wildman–Crippen LogP) is 1.02. The molecule has 0 atom stereocenters. The van der Waals surface area contributed by atoms with Gasteiger partial charge in [-0.1, -0.05) is 0 Å². The van der Waals surface area contributed by atoms with E-state index in [-0.39, 0.29) is 5.69 Å². The first kappa shape index (κ1) is 13.2. The maximum Gasteiger partial charge on any atom is 0.496 e. The zero-order valence-electron chi connectivity index (χ0n) is 11.4. The van der Waals surface area contributed by atoms with Gasteiger partial charge >= 0.3 is 13.1 Å². The minimum Gasteiger partial charge on any atom is -0.477 e. The van der Waals surface area contributed by atoms with Crippen LogP contribution in [0.3, 0.4) is 0 Å². The van der Waals surface area contributed by atoms with Gasteiger partial charge in [-0.2, -0.15) is 0 Å². The fourth-order valence-electron chi connectivity index (χ4n) is 1.91. The Bertz CT molecular complexity index is 476. The number of hydrogen-bond acceptors (Lipinski definition) is 3. The number of aryl methyl sites for hydroxylation is 1. The Morgan fingerprint density at radius 3 is 2.17 bits per heavy atom. The summed E-state index contributed by atoms with van der Waals surface area (Å²) in [5.41, 5.74) is 0.113. The van der Waals surface area contributed by atoms with Gasteiger partial charge in [0, 0.05) is 18.7 Å². The molecule has 0 radical (unpaired) electrons. The minimum absolute atomic E-state index is 0.222.